The van der Waals surface area contributed by atoms with Crippen LogP contribution in [0.2, 0.25) is 0 Å². The van der Waals surface area contributed by atoms with E-state index in [0.29, 0.717) is 5.95 Å². The first kappa shape index (κ1) is 16.9. The van der Waals surface area contributed by atoms with Crippen LogP contribution in [0.5, 0.6) is 0 Å². The molecule has 0 bridgehead atoms. The fraction of sp³-hybridized carbons (Fsp3) is 0.412. The van der Waals surface area contributed by atoms with Gasteiger partial charge in [0.05, 0.1) is 12.3 Å². The first-order valence-electron chi connectivity index (χ1n) is 7.99. The van der Waals surface area contributed by atoms with Crippen LogP contribution in [0.3, 0.4) is 0 Å². The number of anilines is 1. The molecule has 1 saturated heterocycles. The summed E-state index contributed by atoms with van der Waals surface area (Å²) < 4.78 is 26.2. The molecule has 24 heavy (non-hydrogen) atoms. The Bertz CT molecular complexity index is 778. The van der Waals surface area contributed by atoms with E-state index >= 15 is 0 Å². The molecule has 2 atom stereocenters. The molecule has 1 aliphatic heterocycles. The van der Waals surface area contributed by atoms with Gasteiger partial charge < -0.3 is 4.90 Å². The van der Waals surface area contributed by atoms with E-state index < -0.39 is 10.0 Å². The van der Waals surface area contributed by atoms with E-state index in [2.05, 4.69) is 31.7 Å². The molecule has 0 amide bonds. The van der Waals surface area contributed by atoms with Crippen LogP contribution in [-0.2, 0) is 16.4 Å². The Morgan fingerprint density at radius 3 is 2.50 bits per heavy atom. The molecule has 0 unspecified atom stereocenters. The Labute approximate surface area is 143 Å². The quantitative estimate of drug-likeness (QED) is 0.888. The normalized spacial score (nSPS) is 21.2. The monoisotopic (exact) mass is 346 g/mol. The average molecular weight is 346 g/mol. The van der Waals surface area contributed by atoms with Gasteiger partial charge in [0.1, 0.15) is 0 Å². The number of sulfonamides is 1. The minimum absolute atomic E-state index is 0.00942. The summed E-state index contributed by atoms with van der Waals surface area (Å²) in [6.07, 6.45) is 6.27. The number of aromatic nitrogens is 2. The number of benzene rings is 1. The molecule has 2 aromatic rings. The molecule has 6 nitrogen and oxygen atoms in total. The first-order chi connectivity index (χ1) is 11.4. The number of hydrogen-bond donors (Lipinski definition) is 1. The lowest BCUT2D eigenvalue weighted by molar-refractivity contribution is 0.512. The van der Waals surface area contributed by atoms with E-state index in [0.717, 1.165) is 24.9 Å². The Morgan fingerprint density at radius 1 is 1.21 bits per heavy atom. The van der Waals surface area contributed by atoms with Crippen molar-refractivity contribution in [3.05, 3.63) is 53.9 Å². The average Bonchev–Trinajstić information content (AvgIpc) is 2.90. The van der Waals surface area contributed by atoms with E-state index in [9.17, 15) is 8.42 Å². The highest BCUT2D eigenvalue weighted by Gasteiger charge is 2.37. The second kappa shape index (κ2) is 6.86. The fourth-order valence-corrected chi connectivity index (χ4v) is 3.98. The molecule has 2 heterocycles. The van der Waals surface area contributed by atoms with Gasteiger partial charge in [-0.15, -0.1) is 0 Å². The third kappa shape index (κ3) is 4.10. The summed E-state index contributed by atoms with van der Waals surface area (Å²) >= 11 is 0. The van der Waals surface area contributed by atoms with Gasteiger partial charge in [-0.3, -0.25) is 0 Å². The van der Waals surface area contributed by atoms with Gasteiger partial charge in [0.15, 0.2) is 0 Å². The van der Waals surface area contributed by atoms with Gasteiger partial charge in [-0.2, -0.15) is 0 Å². The van der Waals surface area contributed by atoms with Gasteiger partial charge in [-0.05, 0) is 30.9 Å². The maximum Gasteiger partial charge on any atom is 0.225 e. The molecule has 0 aliphatic carbocycles. The van der Waals surface area contributed by atoms with Gasteiger partial charge >= 0.3 is 0 Å². The lowest BCUT2D eigenvalue weighted by atomic mass is 10.0. The van der Waals surface area contributed by atoms with E-state index in [1.165, 1.54) is 11.8 Å². The molecular formula is C17H22N4O2S. The van der Waals surface area contributed by atoms with Gasteiger partial charge in [-0.1, -0.05) is 30.3 Å². The summed E-state index contributed by atoms with van der Waals surface area (Å²) in [5.74, 6) is 0.652. The molecule has 1 fully saturated rings. The van der Waals surface area contributed by atoms with Crippen LogP contribution in [0.15, 0.2) is 42.7 Å². The third-order valence-electron chi connectivity index (χ3n) is 4.22. The number of hydrogen-bond acceptors (Lipinski definition) is 5. The Balaban J connectivity index is 1.88. The van der Waals surface area contributed by atoms with Crippen molar-refractivity contribution in [2.75, 3.05) is 17.7 Å². The lowest BCUT2D eigenvalue weighted by Crippen LogP contribution is -2.46. The highest BCUT2D eigenvalue weighted by molar-refractivity contribution is 7.88. The summed E-state index contributed by atoms with van der Waals surface area (Å²) in [6, 6.07) is 9.93. The second-order valence-electron chi connectivity index (χ2n) is 6.30. The van der Waals surface area contributed by atoms with Gasteiger partial charge in [-0.25, -0.2) is 23.1 Å². The molecule has 3 rings (SSSR count). The molecule has 0 saturated carbocycles. The van der Waals surface area contributed by atoms with E-state index in [1.807, 2.05) is 25.1 Å². The maximum atomic E-state index is 11.7. The second-order valence-corrected chi connectivity index (χ2v) is 8.08. The van der Waals surface area contributed by atoms with Gasteiger partial charge in [0.2, 0.25) is 16.0 Å². The summed E-state index contributed by atoms with van der Waals surface area (Å²) in [7, 11) is -3.26. The van der Waals surface area contributed by atoms with Gasteiger partial charge in [0.25, 0.3) is 0 Å². The third-order valence-corrected chi connectivity index (χ3v) is 4.95. The first-order valence-corrected chi connectivity index (χ1v) is 9.88. The van der Waals surface area contributed by atoms with Crippen LogP contribution in [0, 0.1) is 6.92 Å². The van der Waals surface area contributed by atoms with Crippen molar-refractivity contribution in [3.63, 3.8) is 0 Å². The molecule has 128 valence electrons. The van der Waals surface area contributed by atoms with Crippen LogP contribution < -0.4 is 9.62 Å². The topological polar surface area (TPSA) is 75.2 Å². The Morgan fingerprint density at radius 2 is 1.88 bits per heavy atom. The minimum Gasteiger partial charge on any atom is -0.336 e. The molecule has 1 aromatic carbocycles. The number of rotatable bonds is 5. The molecule has 1 N–H and O–H groups in total. The molecule has 1 aliphatic rings. The largest absolute Gasteiger partial charge is 0.336 e. The summed E-state index contributed by atoms with van der Waals surface area (Å²) in [5.41, 5.74) is 2.17. The Hall–Kier alpha value is -1.99. The van der Waals surface area contributed by atoms with Crippen molar-refractivity contribution in [1.82, 2.24) is 14.7 Å². The SMILES string of the molecule is Cc1cnc(N2CC[C@@H](NS(C)(=O)=O)[C@@H]2Cc2ccccc2)nc1. The van der Waals surface area contributed by atoms with Crippen LogP contribution in [0.4, 0.5) is 5.95 Å². The predicted octanol–water partition coefficient (Wildman–Crippen LogP) is 1.52. The van der Waals surface area contributed by atoms with Gasteiger partial charge in [0, 0.05) is 25.0 Å². The molecular weight excluding hydrogens is 324 g/mol. The highest BCUT2D eigenvalue weighted by atomic mass is 32.2. The van der Waals surface area contributed by atoms with E-state index in [-0.39, 0.29) is 12.1 Å². The Kier molecular flexibility index (Phi) is 4.82. The van der Waals surface area contributed by atoms with Crippen LogP contribution in [-0.4, -0.2) is 43.3 Å². The van der Waals surface area contributed by atoms with Crippen LogP contribution >= 0.6 is 0 Å². The van der Waals surface area contributed by atoms with Crippen molar-refractivity contribution in [1.29, 1.82) is 0 Å². The summed E-state index contributed by atoms with van der Waals surface area (Å²) in [4.78, 5) is 10.9. The smallest absolute Gasteiger partial charge is 0.225 e. The van der Waals surface area contributed by atoms with Crippen LogP contribution in [0.25, 0.3) is 0 Å². The number of nitrogens with zero attached hydrogens (tertiary/aromatic N) is 3. The highest BCUT2D eigenvalue weighted by Crippen LogP contribution is 2.26. The molecule has 1 aromatic heterocycles. The molecule has 0 radical (unpaired) electrons. The van der Waals surface area contributed by atoms with Crippen molar-refractivity contribution in [2.45, 2.75) is 31.8 Å². The summed E-state index contributed by atoms with van der Waals surface area (Å²) in [6.45, 7) is 2.68. The zero-order valence-corrected chi connectivity index (χ0v) is 14.7. The minimum atomic E-state index is -3.26. The molecule has 7 heteroatoms. The fourth-order valence-electron chi connectivity index (χ4n) is 3.16. The van der Waals surface area contributed by atoms with Crippen molar-refractivity contribution >= 4 is 16.0 Å². The molecule has 0 spiro atoms. The zero-order chi connectivity index (χ0) is 17.2. The number of nitrogens with one attached hydrogen (secondary N) is 1. The van der Waals surface area contributed by atoms with Crippen molar-refractivity contribution in [3.8, 4) is 0 Å². The van der Waals surface area contributed by atoms with Crippen molar-refractivity contribution in [2.24, 2.45) is 0 Å². The van der Waals surface area contributed by atoms with Crippen molar-refractivity contribution < 1.29 is 8.42 Å². The lowest BCUT2D eigenvalue weighted by Gasteiger charge is -2.28. The van der Waals surface area contributed by atoms with Crippen LogP contribution in [0.1, 0.15) is 17.5 Å². The number of aryl methyl sites for hydroxylation is 1. The standard InChI is InChI=1S/C17H22N4O2S/c1-13-11-18-17(19-12-13)21-9-8-15(20-24(2,22)23)16(21)10-14-6-4-3-5-7-14/h3-7,11-12,15-16,20H,8-10H2,1-2H3/t15-,16+/m1/s1. The summed E-state index contributed by atoms with van der Waals surface area (Å²) in [5, 5.41) is 0. The maximum absolute atomic E-state index is 11.7. The van der Waals surface area contributed by atoms with E-state index in [4.69, 9.17) is 0 Å². The van der Waals surface area contributed by atoms with E-state index in [1.54, 1.807) is 12.4 Å². The zero-order valence-electron chi connectivity index (χ0n) is 13.9. The predicted molar refractivity (Wildman–Crippen MR) is 94.4 cm³/mol.